The number of benzene rings is 1. The maximum absolute atomic E-state index is 12.9. The van der Waals surface area contributed by atoms with Gasteiger partial charge in [0.2, 0.25) is 21.8 Å². The molecule has 174 valence electrons. The topological polar surface area (TPSA) is 117 Å². The molecular formula is C23H32N4O4S. The van der Waals surface area contributed by atoms with Crippen molar-refractivity contribution in [2.24, 2.45) is 0 Å². The molecule has 0 spiro atoms. The summed E-state index contributed by atoms with van der Waals surface area (Å²) in [7, 11) is -3.75. The summed E-state index contributed by atoms with van der Waals surface area (Å²) >= 11 is 0. The van der Waals surface area contributed by atoms with Crippen LogP contribution in [0.15, 0.2) is 29.4 Å². The number of aromatic nitrogens is 1. The zero-order valence-electron chi connectivity index (χ0n) is 19.3. The molecule has 1 aromatic carbocycles. The van der Waals surface area contributed by atoms with E-state index in [2.05, 4.69) is 20.3 Å². The van der Waals surface area contributed by atoms with Crippen LogP contribution in [0.3, 0.4) is 0 Å². The van der Waals surface area contributed by atoms with E-state index < -0.39 is 10.0 Å². The summed E-state index contributed by atoms with van der Waals surface area (Å²) in [6.45, 7) is 9.97. The molecule has 0 aliphatic carbocycles. The lowest BCUT2D eigenvalue weighted by atomic mass is 9.95. The van der Waals surface area contributed by atoms with Gasteiger partial charge in [0.15, 0.2) is 0 Å². The molecule has 1 aromatic heterocycles. The van der Waals surface area contributed by atoms with Crippen LogP contribution >= 0.6 is 0 Å². The minimum Gasteiger partial charge on any atom is -0.356 e. The number of nitrogens with zero attached hydrogens (tertiary/aromatic N) is 1. The minimum atomic E-state index is -3.75. The second-order valence-electron chi connectivity index (χ2n) is 7.83. The summed E-state index contributed by atoms with van der Waals surface area (Å²) in [5.74, 6) is -0.502. The highest BCUT2D eigenvalue weighted by molar-refractivity contribution is 7.89. The van der Waals surface area contributed by atoms with E-state index in [1.54, 1.807) is 26.2 Å². The van der Waals surface area contributed by atoms with Gasteiger partial charge in [-0.15, -0.1) is 0 Å². The van der Waals surface area contributed by atoms with Crippen LogP contribution in [-0.2, 0) is 26.2 Å². The van der Waals surface area contributed by atoms with Gasteiger partial charge in [-0.1, -0.05) is 0 Å². The fraction of sp³-hybridized carbons (Fsp3) is 0.435. The van der Waals surface area contributed by atoms with Gasteiger partial charge in [-0.05, 0) is 80.1 Å². The number of hydrogen-bond acceptors (Lipinski definition) is 5. The molecule has 8 nitrogen and oxygen atoms in total. The van der Waals surface area contributed by atoms with Crippen LogP contribution in [0.4, 0.5) is 0 Å². The third-order valence-corrected chi connectivity index (χ3v) is 7.49. The van der Waals surface area contributed by atoms with Crippen molar-refractivity contribution in [3.05, 3.63) is 57.9 Å². The number of sulfonamides is 1. The normalized spacial score (nSPS) is 11.3. The van der Waals surface area contributed by atoms with Gasteiger partial charge < -0.3 is 10.6 Å². The molecule has 3 N–H and O–H groups in total. The number of pyridine rings is 1. The quantitative estimate of drug-likeness (QED) is 0.502. The highest BCUT2D eigenvalue weighted by Crippen LogP contribution is 2.29. The van der Waals surface area contributed by atoms with Gasteiger partial charge in [0.25, 0.3) is 0 Å². The molecule has 0 saturated heterocycles. The fourth-order valence-corrected chi connectivity index (χ4v) is 5.06. The predicted octanol–water partition coefficient (Wildman–Crippen LogP) is 2.11. The van der Waals surface area contributed by atoms with Gasteiger partial charge >= 0.3 is 0 Å². The van der Waals surface area contributed by atoms with E-state index in [4.69, 9.17) is 0 Å². The van der Waals surface area contributed by atoms with Crippen molar-refractivity contribution < 1.29 is 18.0 Å². The Morgan fingerprint density at radius 3 is 1.88 bits per heavy atom. The first-order chi connectivity index (χ1) is 15.0. The molecule has 0 aliphatic rings. The Labute approximate surface area is 190 Å². The van der Waals surface area contributed by atoms with Crippen LogP contribution < -0.4 is 15.4 Å². The number of carbonyl (C=O) groups excluding carboxylic acids is 2. The molecule has 1 heterocycles. The molecule has 0 fully saturated rings. The zero-order valence-corrected chi connectivity index (χ0v) is 20.1. The largest absolute Gasteiger partial charge is 0.356 e. The third-order valence-electron chi connectivity index (χ3n) is 5.76. The van der Waals surface area contributed by atoms with Crippen molar-refractivity contribution in [1.82, 2.24) is 20.3 Å². The van der Waals surface area contributed by atoms with Crippen LogP contribution in [0.2, 0.25) is 0 Å². The van der Waals surface area contributed by atoms with Crippen molar-refractivity contribution >= 4 is 21.8 Å². The number of amides is 2. The number of hydrogen-bond donors (Lipinski definition) is 3. The van der Waals surface area contributed by atoms with Gasteiger partial charge in [-0.25, -0.2) is 13.1 Å². The van der Waals surface area contributed by atoms with Crippen molar-refractivity contribution in [1.29, 1.82) is 0 Å². The Balaban J connectivity index is 1.78. The molecule has 9 heteroatoms. The lowest BCUT2D eigenvalue weighted by molar-refractivity contribution is -0.122. The molecular weight excluding hydrogens is 428 g/mol. The Morgan fingerprint density at radius 1 is 0.781 bits per heavy atom. The Hall–Kier alpha value is -2.78. The zero-order chi connectivity index (χ0) is 23.9. The Bertz CT molecular complexity index is 1050. The molecule has 0 bridgehead atoms. The van der Waals surface area contributed by atoms with E-state index >= 15 is 0 Å². The van der Waals surface area contributed by atoms with E-state index in [9.17, 15) is 18.0 Å². The number of carbonyl (C=O) groups is 2. The van der Waals surface area contributed by atoms with Crippen molar-refractivity contribution in [2.75, 3.05) is 13.1 Å². The van der Waals surface area contributed by atoms with Crippen LogP contribution in [0.25, 0.3) is 0 Å². The van der Waals surface area contributed by atoms with Crippen molar-refractivity contribution in [3.8, 4) is 0 Å². The summed E-state index contributed by atoms with van der Waals surface area (Å²) < 4.78 is 28.3. The first-order valence-electron chi connectivity index (χ1n) is 10.5. The van der Waals surface area contributed by atoms with Gasteiger partial charge in [-0.3, -0.25) is 14.6 Å². The van der Waals surface area contributed by atoms with E-state index in [1.807, 2.05) is 32.9 Å². The predicted molar refractivity (Wildman–Crippen MR) is 124 cm³/mol. The second kappa shape index (κ2) is 11.2. The van der Waals surface area contributed by atoms with E-state index in [0.717, 1.165) is 33.4 Å². The maximum atomic E-state index is 12.9. The molecule has 2 rings (SSSR count). The van der Waals surface area contributed by atoms with Crippen LogP contribution in [0, 0.1) is 34.6 Å². The molecule has 2 amide bonds. The highest BCUT2D eigenvalue weighted by Gasteiger charge is 2.23. The fourth-order valence-electron chi connectivity index (χ4n) is 3.43. The number of rotatable bonds is 10. The lowest BCUT2D eigenvalue weighted by Gasteiger charge is -2.19. The monoisotopic (exact) mass is 460 g/mol. The first kappa shape index (κ1) is 25.5. The molecule has 32 heavy (non-hydrogen) atoms. The molecule has 0 aliphatic heterocycles. The molecule has 0 unspecified atom stereocenters. The average Bonchev–Trinajstić information content (AvgIpc) is 2.75. The van der Waals surface area contributed by atoms with Gasteiger partial charge in [0.05, 0.1) is 4.90 Å². The highest BCUT2D eigenvalue weighted by atomic mass is 32.2. The summed E-state index contributed by atoms with van der Waals surface area (Å²) in [4.78, 5) is 28.1. The van der Waals surface area contributed by atoms with Crippen LogP contribution in [0.5, 0.6) is 0 Å². The van der Waals surface area contributed by atoms with Crippen molar-refractivity contribution in [2.45, 2.75) is 58.9 Å². The SMILES string of the molecule is Cc1c(C)c(C)c(S(=O)(=O)NCCC(=O)NCCC(=O)NCc2ccncc2)c(C)c1C. The second-order valence-corrected chi connectivity index (χ2v) is 9.54. The summed E-state index contributed by atoms with van der Waals surface area (Å²) in [5.41, 5.74) is 5.37. The van der Waals surface area contributed by atoms with Gasteiger partial charge in [0, 0.05) is 44.9 Å². The lowest BCUT2D eigenvalue weighted by Crippen LogP contribution is -2.33. The molecule has 0 atom stereocenters. The summed E-state index contributed by atoms with van der Waals surface area (Å²) in [5, 5.41) is 5.41. The van der Waals surface area contributed by atoms with E-state index in [1.165, 1.54) is 0 Å². The molecule has 0 saturated carbocycles. The number of nitrogens with one attached hydrogen (secondary N) is 3. The summed E-state index contributed by atoms with van der Waals surface area (Å²) in [6, 6.07) is 3.62. The average molecular weight is 461 g/mol. The minimum absolute atomic E-state index is 0.0141. The van der Waals surface area contributed by atoms with Crippen LogP contribution in [-0.4, -0.2) is 38.3 Å². The molecule has 0 radical (unpaired) electrons. The standard InChI is InChI=1S/C23H32N4O4S/c1-15-16(2)18(4)23(19(5)17(15)3)32(30,31)27-13-9-21(28)25-12-8-22(29)26-14-20-6-10-24-11-7-20/h6-7,10-11,27H,8-9,12-14H2,1-5H3,(H,25,28)(H,26,29). The van der Waals surface area contributed by atoms with Crippen molar-refractivity contribution in [3.63, 3.8) is 0 Å². The first-order valence-corrected chi connectivity index (χ1v) is 12.0. The Kier molecular flexibility index (Phi) is 8.91. The van der Waals surface area contributed by atoms with E-state index in [-0.39, 0.29) is 42.6 Å². The summed E-state index contributed by atoms with van der Waals surface area (Å²) in [6.07, 6.45) is 3.43. The maximum Gasteiger partial charge on any atom is 0.241 e. The Morgan fingerprint density at radius 2 is 1.28 bits per heavy atom. The smallest absolute Gasteiger partial charge is 0.241 e. The third kappa shape index (κ3) is 6.61. The van der Waals surface area contributed by atoms with E-state index in [0.29, 0.717) is 6.54 Å². The molecule has 2 aromatic rings. The van der Waals surface area contributed by atoms with Crippen LogP contribution in [0.1, 0.15) is 46.2 Å². The van der Waals surface area contributed by atoms with Gasteiger partial charge in [0.1, 0.15) is 0 Å². The van der Waals surface area contributed by atoms with Gasteiger partial charge in [-0.2, -0.15) is 0 Å².